The van der Waals surface area contributed by atoms with Crippen molar-refractivity contribution < 1.29 is 4.79 Å². The van der Waals surface area contributed by atoms with E-state index in [9.17, 15) is 4.79 Å². The lowest BCUT2D eigenvalue weighted by Gasteiger charge is -2.07. The van der Waals surface area contributed by atoms with E-state index < -0.39 is 0 Å². The molecule has 158 valence electrons. The molecule has 0 atom stereocenters. The Morgan fingerprint density at radius 3 is 2.00 bits per heavy atom. The molecular weight excluding hydrogens is 342 g/mol. The van der Waals surface area contributed by atoms with Crippen molar-refractivity contribution in [2.24, 2.45) is 0 Å². The fourth-order valence-electron chi connectivity index (χ4n) is 3.45. The molecule has 1 aromatic rings. The number of anilines is 1. The van der Waals surface area contributed by atoms with Gasteiger partial charge in [0.1, 0.15) is 0 Å². The van der Waals surface area contributed by atoms with Gasteiger partial charge in [-0.1, -0.05) is 89.0 Å². The standard InChI is InChI=1S/C26H43NO/c1-3-4-5-6-7-8-9-10-11-12-13-14-15-16-17-18-22-27-26-21-19-20-25(23-26)24(2)28/h10-11,19-21,23,27H,3-9,12-18,22H2,1-2H3. The van der Waals surface area contributed by atoms with Crippen LogP contribution in [0.25, 0.3) is 0 Å². The van der Waals surface area contributed by atoms with Crippen LogP contribution in [-0.4, -0.2) is 12.3 Å². The number of ketones is 1. The van der Waals surface area contributed by atoms with E-state index in [-0.39, 0.29) is 5.78 Å². The predicted molar refractivity (Wildman–Crippen MR) is 124 cm³/mol. The lowest BCUT2D eigenvalue weighted by atomic mass is 10.1. The van der Waals surface area contributed by atoms with Crippen molar-refractivity contribution in [3.63, 3.8) is 0 Å². The molecule has 0 heterocycles. The maximum Gasteiger partial charge on any atom is 0.159 e. The van der Waals surface area contributed by atoms with E-state index in [0.29, 0.717) is 0 Å². The fraction of sp³-hybridized carbons (Fsp3) is 0.654. The summed E-state index contributed by atoms with van der Waals surface area (Å²) in [6.45, 7) is 4.88. The Bertz CT molecular complexity index is 535. The highest BCUT2D eigenvalue weighted by molar-refractivity contribution is 5.94. The first-order valence-electron chi connectivity index (χ1n) is 11.7. The summed E-state index contributed by atoms with van der Waals surface area (Å²) in [6.07, 6.45) is 23.5. The van der Waals surface area contributed by atoms with Crippen LogP contribution in [0.15, 0.2) is 36.4 Å². The second kappa shape index (κ2) is 17.5. The molecule has 28 heavy (non-hydrogen) atoms. The molecule has 0 fully saturated rings. The number of allylic oxidation sites excluding steroid dienone is 2. The van der Waals surface area contributed by atoms with E-state index in [2.05, 4.69) is 24.4 Å². The zero-order valence-electron chi connectivity index (χ0n) is 18.5. The van der Waals surface area contributed by atoms with Gasteiger partial charge in [-0.2, -0.15) is 0 Å². The molecule has 0 aliphatic rings. The third kappa shape index (κ3) is 13.6. The molecule has 0 aliphatic heterocycles. The SMILES string of the molecule is CCCCCCCCC=CCCCCCCCCNc1cccc(C(C)=O)c1. The van der Waals surface area contributed by atoms with Crippen molar-refractivity contribution in [3.05, 3.63) is 42.0 Å². The van der Waals surface area contributed by atoms with Crippen LogP contribution < -0.4 is 5.32 Å². The summed E-state index contributed by atoms with van der Waals surface area (Å²) in [4.78, 5) is 11.4. The summed E-state index contributed by atoms with van der Waals surface area (Å²) in [6, 6.07) is 7.80. The van der Waals surface area contributed by atoms with Crippen molar-refractivity contribution >= 4 is 11.5 Å². The van der Waals surface area contributed by atoms with Gasteiger partial charge in [0.2, 0.25) is 0 Å². The third-order valence-corrected chi connectivity index (χ3v) is 5.29. The molecule has 1 aromatic carbocycles. The third-order valence-electron chi connectivity index (χ3n) is 5.29. The second-order valence-corrected chi connectivity index (χ2v) is 8.00. The van der Waals surface area contributed by atoms with E-state index in [0.717, 1.165) is 17.8 Å². The van der Waals surface area contributed by atoms with Crippen molar-refractivity contribution in [1.29, 1.82) is 0 Å². The Labute approximate surface area is 174 Å². The molecule has 0 aromatic heterocycles. The summed E-state index contributed by atoms with van der Waals surface area (Å²) in [7, 11) is 0. The van der Waals surface area contributed by atoms with Crippen molar-refractivity contribution in [1.82, 2.24) is 0 Å². The molecule has 0 saturated heterocycles. The lowest BCUT2D eigenvalue weighted by molar-refractivity contribution is 0.101. The number of rotatable bonds is 18. The molecule has 1 rings (SSSR count). The molecule has 2 nitrogen and oxygen atoms in total. The highest BCUT2D eigenvalue weighted by Crippen LogP contribution is 2.13. The highest BCUT2D eigenvalue weighted by Gasteiger charge is 1.99. The number of hydrogen-bond donors (Lipinski definition) is 1. The van der Waals surface area contributed by atoms with Crippen LogP contribution in [0.2, 0.25) is 0 Å². The summed E-state index contributed by atoms with van der Waals surface area (Å²) in [5, 5.41) is 3.43. The Hall–Kier alpha value is -1.57. The van der Waals surface area contributed by atoms with Crippen LogP contribution in [-0.2, 0) is 0 Å². The van der Waals surface area contributed by atoms with E-state index in [1.54, 1.807) is 6.92 Å². The predicted octanol–water partition coefficient (Wildman–Crippen LogP) is 8.34. The lowest BCUT2D eigenvalue weighted by Crippen LogP contribution is -2.02. The number of nitrogens with one attached hydrogen (secondary N) is 1. The van der Waals surface area contributed by atoms with Gasteiger partial charge in [-0.25, -0.2) is 0 Å². The zero-order chi connectivity index (χ0) is 20.3. The van der Waals surface area contributed by atoms with Gasteiger partial charge in [0.05, 0.1) is 0 Å². The first kappa shape index (κ1) is 24.5. The highest BCUT2D eigenvalue weighted by atomic mass is 16.1. The topological polar surface area (TPSA) is 29.1 Å². The molecule has 1 N–H and O–H groups in total. The molecule has 0 bridgehead atoms. The van der Waals surface area contributed by atoms with Gasteiger partial charge < -0.3 is 5.32 Å². The quantitative estimate of drug-likeness (QED) is 0.156. The van der Waals surface area contributed by atoms with Gasteiger partial charge in [0.25, 0.3) is 0 Å². The summed E-state index contributed by atoms with van der Waals surface area (Å²) in [5.41, 5.74) is 1.84. The normalized spacial score (nSPS) is 11.2. The largest absolute Gasteiger partial charge is 0.385 e. The average Bonchev–Trinajstić information content (AvgIpc) is 2.70. The van der Waals surface area contributed by atoms with Crippen LogP contribution in [0.3, 0.4) is 0 Å². The number of benzene rings is 1. The maximum absolute atomic E-state index is 11.4. The summed E-state index contributed by atoms with van der Waals surface area (Å²) >= 11 is 0. The molecule has 0 unspecified atom stereocenters. The van der Waals surface area contributed by atoms with E-state index in [4.69, 9.17) is 0 Å². The maximum atomic E-state index is 11.4. The van der Waals surface area contributed by atoms with Crippen LogP contribution >= 0.6 is 0 Å². The average molecular weight is 386 g/mol. The minimum Gasteiger partial charge on any atom is -0.385 e. The van der Waals surface area contributed by atoms with Crippen LogP contribution in [0.4, 0.5) is 5.69 Å². The smallest absolute Gasteiger partial charge is 0.159 e. The summed E-state index contributed by atoms with van der Waals surface area (Å²) < 4.78 is 0. The molecule has 2 heteroatoms. The Morgan fingerprint density at radius 2 is 1.39 bits per heavy atom. The Kier molecular flexibility index (Phi) is 15.3. The van der Waals surface area contributed by atoms with E-state index in [1.165, 1.54) is 89.9 Å². The van der Waals surface area contributed by atoms with Crippen molar-refractivity contribution in [2.75, 3.05) is 11.9 Å². The van der Waals surface area contributed by atoms with Crippen LogP contribution in [0, 0.1) is 0 Å². The van der Waals surface area contributed by atoms with E-state index >= 15 is 0 Å². The minimum atomic E-state index is 0.126. The molecule has 0 radical (unpaired) electrons. The first-order valence-corrected chi connectivity index (χ1v) is 11.7. The van der Waals surface area contributed by atoms with E-state index in [1.807, 2.05) is 24.3 Å². The van der Waals surface area contributed by atoms with Gasteiger partial charge in [-0.05, 0) is 51.2 Å². The number of unbranched alkanes of at least 4 members (excludes halogenated alkanes) is 12. The Balaban J connectivity index is 1.86. The molecule has 0 saturated carbocycles. The molecule has 0 amide bonds. The molecular formula is C26H43NO. The number of Topliss-reactive ketones (excluding diaryl/α,β-unsaturated/α-hetero) is 1. The van der Waals surface area contributed by atoms with Gasteiger partial charge in [-0.3, -0.25) is 4.79 Å². The van der Waals surface area contributed by atoms with Gasteiger partial charge in [0, 0.05) is 17.8 Å². The van der Waals surface area contributed by atoms with Crippen molar-refractivity contribution in [3.8, 4) is 0 Å². The molecule has 0 aliphatic carbocycles. The van der Waals surface area contributed by atoms with Crippen molar-refractivity contribution in [2.45, 2.75) is 104 Å². The monoisotopic (exact) mass is 385 g/mol. The van der Waals surface area contributed by atoms with Gasteiger partial charge in [-0.15, -0.1) is 0 Å². The fourth-order valence-corrected chi connectivity index (χ4v) is 3.45. The second-order valence-electron chi connectivity index (χ2n) is 8.00. The number of carbonyl (C=O) groups is 1. The summed E-state index contributed by atoms with van der Waals surface area (Å²) in [5.74, 6) is 0.126. The zero-order valence-corrected chi connectivity index (χ0v) is 18.5. The first-order chi connectivity index (χ1) is 13.7. The van der Waals surface area contributed by atoms with Crippen LogP contribution in [0.5, 0.6) is 0 Å². The minimum absolute atomic E-state index is 0.126. The van der Waals surface area contributed by atoms with Crippen LogP contribution in [0.1, 0.15) is 114 Å². The number of hydrogen-bond acceptors (Lipinski definition) is 2. The Morgan fingerprint density at radius 1 is 0.821 bits per heavy atom. The molecule has 0 spiro atoms. The number of carbonyl (C=O) groups excluding carboxylic acids is 1. The van der Waals surface area contributed by atoms with Gasteiger partial charge >= 0.3 is 0 Å². The van der Waals surface area contributed by atoms with Gasteiger partial charge in [0.15, 0.2) is 5.78 Å².